The summed E-state index contributed by atoms with van der Waals surface area (Å²) in [7, 11) is 3.63. The van der Waals surface area contributed by atoms with Crippen LogP contribution in [0.5, 0.6) is 0 Å². The third kappa shape index (κ3) is 6.43. The van der Waals surface area contributed by atoms with Gasteiger partial charge in [-0.2, -0.15) is 5.10 Å². The van der Waals surface area contributed by atoms with E-state index in [-0.39, 0.29) is 42.5 Å². The molecule has 1 aliphatic heterocycles. The van der Waals surface area contributed by atoms with E-state index in [1.165, 1.54) is 0 Å². The zero-order valence-corrected chi connectivity index (χ0v) is 20.2. The number of nitrogens with zero attached hydrogens (tertiary/aromatic N) is 5. The number of hydrogen-bond acceptors (Lipinski definition) is 4. The molecule has 8 nitrogen and oxygen atoms in total. The van der Waals surface area contributed by atoms with Crippen LogP contribution in [0, 0.1) is 0 Å². The highest BCUT2D eigenvalue weighted by Gasteiger charge is 2.25. The lowest BCUT2D eigenvalue weighted by Gasteiger charge is -2.35. The fraction of sp³-hybridized carbons (Fsp3) is 0.476. The van der Waals surface area contributed by atoms with Gasteiger partial charge < -0.3 is 19.9 Å². The van der Waals surface area contributed by atoms with Crippen molar-refractivity contribution in [3.63, 3.8) is 0 Å². The Labute approximate surface area is 195 Å². The zero-order valence-electron chi connectivity index (χ0n) is 17.8. The number of carbonyl (C=O) groups excluding carboxylic acids is 1. The van der Waals surface area contributed by atoms with Crippen LogP contribution in [0.2, 0.25) is 0 Å². The molecule has 0 spiro atoms. The van der Waals surface area contributed by atoms with E-state index in [1.54, 1.807) is 11.7 Å². The van der Waals surface area contributed by atoms with Gasteiger partial charge >= 0.3 is 0 Å². The van der Waals surface area contributed by atoms with Crippen LogP contribution in [0.1, 0.15) is 24.2 Å². The van der Waals surface area contributed by atoms with Crippen LogP contribution in [0.4, 0.5) is 0 Å². The molecule has 1 aromatic carbocycles. The standard InChI is InChI=1S/C21H30N6O2.HI/c1-4-26(14-17-8-6-5-7-9-17)20(28)13-23-21(22-2)27-10-11-29-19(16-27)18-12-24-25(3)15-18;/h5-9,12,15,19H,4,10-11,13-14,16H2,1-3H3,(H,22,23);1H. The van der Waals surface area contributed by atoms with Gasteiger partial charge in [-0.25, -0.2) is 0 Å². The molecule has 9 heteroatoms. The minimum absolute atomic E-state index is 0. The normalized spacial score (nSPS) is 16.7. The van der Waals surface area contributed by atoms with Gasteiger partial charge in [0.2, 0.25) is 5.91 Å². The molecule has 3 rings (SSSR count). The number of benzene rings is 1. The zero-order chi connectivity index (χ0) is 20.6. The minimum atomic E-state index is -0.0584. The first-order valence-corrected chi connectivity index (χ1v) is 9.98. The number of aryl methyl sites for hydroxylation is 1. The summed E-state index contributed by atoms with van der Waals surface area (Å²) in [5.74, 6) is 0.765. The summed E-state index contributed by atoms with van der Waals surface area (Å²) in [6.07, 6.45) is 3.74. The first kappa shape index (κ1) is 24.1. The molecular formula is C21H31IN6O2. The highest BCUT2D eigenvalue weighted by Crippen LogP contribution is 2.21. The fourth-order valence-corrected chi connectivity index (χ4v) is 3.43. The third-order valence-electron chi connectivity index (χ3n) is 5.02. The summed E-state index contributed by atoms with van der Waals surface area (Å²) in [6.45, 7) is 5.47. The molecule has 30 heavy (non-hydrogen) atoms. The summed E-state index contributed by atoms with van der Waals surface area (Å²) >= 11 is 0. The molecule has 0 radical (unpaired) electrons. The quantitative estimate of drug-likeness (QED) is 0.355. The third-order valence-corrected chi connectivity index (χ3v) is 5.02. The van der Waals surface area contributed by atoms with Crippen molar-refractivity contribution in [1.29, 1.82) is 0 Å². The number of guanidine groups is 1. The van der Waals surface area contributed by atoms with E-state index in [0.717, 1.165) is 17.7 Å². The number of halogens is 1. The van der Waals surface area contributed by atoms with Crippen LogP contribution in [0.3, 0.4) is 0 Å². The molecular weight excluding hydrogens is 495 g/mol. The lowest BCUT2D eigenvalue weighted by molar-refractivity contribution is -0.130. The second-order valence-corrected chi connectivity index (χ2v) is 7.05. The molecule has 0 saturated carbocycles. The number of hydrogen-bond donors (Lipinski definition) is 1. The number of ether oxygens (including phenoxy) is 1. The molecule has 1 amide bonds. The summed E-state index contributed by atoms with van der Waals surface area (Å²) in [6, 6.07) is 10.0. The Morgan fingerprint density at radius 1 is 1.37 bits per heavy atom. The number of aliphatic imine (C=N–C) groups is 1. The number of carbonyl (C=O) groups is 1. The van der Waals surface area contributed by atoms with Gasteiger partial charge in [0.25, 0.3) is 0 Å². The van der Waals surface area contributed by atoms with Crippen LogP contribution in [0.15, 0.2) is 47.7 Å². The van der Waals surface area contributed by atoms with Crippen LogP contribution in [-0.2, 0) is 23.1 Å². The van der Waals surface area contributed by atoms with Crippen molar-refractivity contribution < 1.29 is 9.53 Å². The van der Waals surface area contributed by atoms with Crippen molar-refractivity contribution in [2.45, 2.75) is 19.6 Å². The van der Waals surface area contributed by atoms with Crippen LogP contribution >= 0.6 is 24.0 Å². The van der Waals surface area contributed by atoms with E-state index in [9.17, 15) is 4.79 Å². The van der Waals surface area contributed by atoms with Gasteiger partial charge in [-0.15, -0.1) is 24.0 Å². The molecule has 1 aromatic heterocycles. The van der Waals surface area contributed by atoms with E-state index in [0.29, 0.717) is 32.2 Å². The van der Waals surface area contributed by atoms with Crippen LogP contribution < -0.4 is 5.32 Å². The molecule has 1 saturated heterocycles. The Morgan fingerprint density at radius 3 is 2.77 bits per heavy atom. The summed E-state index contributed by atoms with van der Waals surface area (Å²) < 4.78 is 7.67. The highest BCUT2D eigenvalue weighted by atomic mass is 127. The van der Waals surface area contributed by atoms with E-state index < -0.39 is 0 Å². The topological polar surface area (TPSA) is 75.0 Å². The van der Waals surface area contributed by atoms with Gasteiger partial charge in [0.15, 0.2) is 5.96 Å². The molecule has 164 valence electrons. The minimum Gasteiger partial charge on any atom is -0.370 e. The largest absolute Gasteiger partial charge is 0.370 e. The van der Waals surface area contributed by atoms with Crippen LogP contribution in [-0.4, -0.2) is 71.3 Å². The average molecular weight is 526 g/mol. The SMILES string of the molecule is CCN(Cc1ccccc1)C(=O)CNC(=NC)N1CCOC(c2cnn(C)c2)C1.I. The van der Waals surface area contributed by atoms with E-state index >= 15 is 0 Å². The number of likely N-dealkylation sites (N-methyl/N-ethyl adjacent to an activating group) is 1. The number of amides is 1. The van der Waals surface area contributed by atoms with Crippen LogP contribution in [0.25, 0.3) is 0 Å². The lowest BCUT2D eigenvalue weighted by atomic mass is 10.1. The number of nitrogens with one attached hydrogen (secondary N) is 1. The van der Waals surface area contributed by atoms with Crippen molar-refractivity contribution in [3.8, 4) is 0 Å². The maximum atomic E-state index is 12.7. The van der Waals surface area contributed by atoms with Gasteiger partial charge in [-0.1, -0.05) is 30.3 Å². The predicted molar refractivity (Wildman–Crippen MR) is 128 cm³/mol. The smallest absolute Gasteiger partial charge is 0.242 e. The maximum absolute atomic E-state index is 12.7. The Balaban J connectivity index is 0.00000320. The van der Waals surface area contributed by atoms with Gasteiger partial charge in [0.1, 0.15) is 6.10 Å². The van der Waals surface area contributed by atoms with E-state index in [2.05, 4.69) is 20.3 Å². The Morgan fingerprint density at radius 2 is 2.13 bits per heavy atom. The molecule has 2 aromatic rings. The Kier molecular flexibility index (Phi) is 9.57. The maximum Gasteiger partial charge on any atom is 0.242 e. The van der Waals surface area contributed by atoms with Gasteiger partial charge in [0.05, 0.1) is 25.9 Å². The molecule has 0 bridgehead atoms. The van der Waals surface area contributed by atoms with Crippen molar-refractivity contribution in [3.05, 3.63) is 53.9 Å². The van der Waals surface area contributed by atoms with E-state index in [4.69, 9.17) is 4.74 Å². The van der Waals surface area contributed by atoms with Crippen molar-refractivity contribution >= 4 is 35.8 Å². The van der Waals surface area contributed by atoms with Crippen molar-refractivity contribution in [2.75, 3.05) is 39.8 Å². The van der Waals surface area contributed by atoms with Gasteiger partial charge in [0, 0.05) is 45.5 Å². The summed E-state index contributed by atoms with van der Waals surface area (Å²) in [5.41, 5.74) is 2.17. The predicted octanol–water partition coefficient (Wildman–Crippen LogP) is 2.04. The van der Waals surface area contributed by atoms with E-state index in [1.807, 2.05) is 61.6 Å². The monoisotopic (exact) mass is 526 g/mol. The molecule has 2 heterocycles. The van der Waals surface area contributed by atoms with Crippen molar-refractivity contribution in [1.82, 2.24) is 24.9 Å². The first-order valence-electron chi connectivity index (χ1n) is 9.98. The summed E-state index contributed by atoms with van der Waals surface area (Å²) in [5, 5.41) is 7.45. The molecule has 1 aliphatic rings. The van der Waals surface area contributed by atoms with Gasteiger partial charge in [-0.05, 0) is 12.5 Å². The molecule has 1 fully saturated rings. The molecule has 0 aliphatic carbocycles. The van der Waals surface area contributed by atoms with Crippen molar-refractivity contribution in [2.24, 2.45) is 12.0 Å². The molecule has 1 atom stereocenters. The molecule has 1 unspecified atom stereocenters. The molecule has 1 N–H and O–H groups in total. The first-order chi connectivity index (χ1) is 14.1. The fourth-order valence-electron chi connectivity index (χ4n) is 3.43. The highest BCUT2D eigenvalue weighted by molar-refractivity contribution is 14.0. The average Bonchev–Trinajstić information content (AvgIpc) is 3.19. The number of aromatic nitrogens is 2. The second kappa shape index (κ2) is 11.9. The lowest BCUT2D eigenvalue weighted by Crippen LogP contribution is -2.50. The number of rotatable bonds is 6. The van der Waals surface area contributed by atoms with Gasteiger partial charge in [-0.3, -0.25) is 14.5 Å². The second-order valence-electron chi connectivity index (χ2n) is 7.05. The Hall–Kier alpha value is -2.14. The Bertz CT molecular complexity index is 826. The summed E-state index contributed by atoms with van der Waals surface area (Å²) in [4.78, 5) is 21.1. The number of morpholine rings is 1.